The fourth-order valence-electron chi connectivity index (χ4n) is 1.84. The zero-order valence-electron chi connectivity index (χ0n) is 10.7. The molecule has 3 heteroatoms. The first-order chi connectivity index (χ1) is 7.83. The summed E-state index contributed by atoms with van der Waals surface area (Å²) in [6.07, 6.45) is 10.5. The fraction of sp³-hybridized carbons (Fsp3) is 0.769. The van der Waals surface area contributed by atoms with E-state index in [4.69, 9.17) is 0 Å². The number of rotatable bonds is 9. The molecule has 92 valence electrons. The molecule has 0 saturated heterocycles. The van der Waals surface area contributed by atoms with E-state index in [1.165, 1.54) is 32.1 Å². The van der Waals surface area contributed by atoms with Crippen LogP contribution in [0.15, 0.2) is 18.5 Å². The van der Waals surface area contributed by atoms with E-state index in [0.29, 0.717) is 6.04 Å². The zero-order chi connectivity index (χ0) is 11.6. The van der Waals surface area contributed by atoms with Crippen LogP contribution in [0.1, 0.15) is 46.0 Å². The number of nitrogens with one attached hydrogen (secondary N) is 1. The molecule has 0 aromatic carbocycles. The van der Waals surface area contributed by atoms with Gasteiger partial charge in [-0.3, -0.25) is 4.68 Å². The molecule has 0 amide bonds. The minimum Gasteiger partial charge on any atom is -0.312 e. The van der Waals surface area contributed by atoms with Gasteiger partial charge in [-0.05, 0) is 19.4 Å². The molecular formula is C13H25N3. The summed E-state index contributed by atoms with van der Waals surface area (Å²) in [6.45, 7) is 6.50. The van der Waals surface area contributed by atoms with E-state index in [9.17, 15) is 0 Å². The summed E-state index contributed by atoms with van der Waals surface area (Å²) in [7, 11) is 0. The van der Waals surface area contributed by atoms with Gasteiger partial charge in [0, 0.05) is 25.0 Å². The van der Waals surface area contributed by atoms with Crippen LogP contribution >= 0.6 is 0 Å². The van der Waals surface area contributed by atoms with Gasteiger partial charge in [0.2, 0.25) is 0 Å². The Hall–Kier alpha value is -0.830. The SMILES string of the molecule is CCCCCCC(C)NCCn1cccn1. The molecule has 1 aromatic heterocycles. The molecule has 3 nitrogen and oxygen atoms in total. The highest BCUT2D eigenvalue weighted by molar-refractivity contribution is 4.77. The second-order valence-electron chi connectivity index (χ2n) is 4.47. The van der Waals surface area contributed by atoms with Crippen LogP contribution in [0.25, 0.3) is 0 Å². The van der Waals surface area contributed by atoms with Crippen molar-refractivity contribution in [1.29, 1.82) is 0 Å². The van der Waals surface area contributed by atoms with Crippen molar-refractivity contribution in [3.05, 3.63) is 18.5 Å². The van der Waals surface area contributed by atoms with Crippen molar-refractivity contribution in [2.45, 2.75) is 58.5 Å². The highest BCUT2D eigenvalue weighted by atomic mass is 15.3. The average molecular weight is 223 g/mol. The maximum Gasteiger partial charge on any atom is 0.0534 e. The van der Waals surface area contributed by atoms with Gasteiger partial charge in [-0.2, -0.15) is 5.10 Å². The van der Waals surface area contributed by atoms with Gasteiger partial charge in [0.1, 0.15) is 0 Å². The molecule has 0 bridgehead atoms. The molecule has 1 rings (SSSR count). The lowest BCUT2D eigenvalue weighted by atomic mass is 10.1. The zero-order valence-corrected chi connectivity index (χ0v) is 10.7. The molecule has 0 aliphatic carbocycles. The Balaban J connectivity index is 1.95. The first-order valence-corrected chi connectivity index (χ1v) is 6.53. The lowest BCUT2D eigenvalue weighted by Gasteiger charge is -2.13. The molecule has 0 fully saturated rings. The molecule has 0 aliphatic rings. The Bertz CT molecular complexity index is 244. The third-order valence-corrected chi connectivity index (χ3v) is 2.88. The summed E-state index contributed by atoms with van der Waals surface area (Å²) in [5.41, 5.74) is 0. The van der Waals surface area contributed by atoms with Crippen LogP contribution in [0.2, 0.25) is 0 Å². The minimum absolute atomic E-state index is 0.632. The maximum atomic E-state index is 4.18. The predicted molar refractivity (Wildman–Crippen MR) is 68.5 cm³/mol. The van der Waals surface area contributed by atoms with Crippen molar-refractivity contribution in [3.63, 3.8) is 0 Å². The van der Waals surface area contributed by atoms with Crippen LogP contribution in [-0.2, 0) is 6.54 Å². The highest BCUT2D eigenvalue weighted by Gasteiger charge is 2.00. The van der Waals surface area contributed by atoms with Crippen LogP contribution in [0.4, 0.5) is 0 Å². The van der Waals surface area contributed by atoms with Crippen LogP contribution in [0, 0.1) is 0 Å². The molecule has 1 heterocycles. The summed E-state index contributed by atoms with van der Waals surface area (Å²) in [5, 5.41) is 7.71. The molecule has 1 aromatic rings. The van der Waals surface area contributed by atoms with Crippen LogP contribution in [-0.4, -0.2) is 22.4 Å². The number of hydrogen-bond donors (Lipinski definition) is 1. The van der Waals surface area contributed by atoms with Gasteiger partial charge in [0.25, 0.3) is 0 Å². The summed E-state index contributed by atoms with van der Waals surface area (Å²) >= 11 is 0. The fourth-order valence-corrected chi connectivity index (χ4v) is 1.84. The minimum atomic E-state index is 0.632. The van der Waals surface area contributed by atoms with E-state index >= 15 is 0 Å². The van der Waals surface area contributed by atoms with Crippen molar-refractivity contribution in [2.24, 2.45) is 0 Å². The number of unbranched alkanes of at least 4 members (excludes halogenated alkanes) is 3. The lowest BCUT2D eigenvalue weighted by Crippen LogP contribution is -2.29. The Morgan fingerprint density at radius 3 is 2.88 bits per heavy atom. The molecule has 16 heavy (non-hydrogen) atoms. The normalized spacial score (nSPS) is 12.9. The first kappa shape index (κ1) is 13.2. The Morgan fingerprint density at radius 2 is 2.19 bits per heavy atom. The Kier molecular flexibility index (Phi) is 6.90. The van der Waals surface area contributed by atoms with E-state index in [0.717, 1.165) is 13.1 Å². The second kappa shape index (κ2) is 8.34. The molecule has 1 N–H and O–H groups in total. The Morgan fingerprint density at radius 1 is 1.31 bits per heavy atom. The van der Waals surface area contributed by atoms with Crippen molar-refractivity contribution in [2.75, 3.05) is 6.54 Å². The standard InChI is InChI=1S/C13H25N3/c1-3-4-5-6-8-13(2)14-10-12-16-11-7-9-15-16/h7,9,11,13-14H,3-6,8,10,12H2,1-2H3. The molecular weight excluding hydrogens is 198 g/mol. The van der Waals surface area contributed by atoms with Gasteiger partial charge in [-0.25, -0.2) is 0 Å². The summed E-state index contributed by atoms with van der Waals surface area (Å²) in [5.74, 6) is 0. The van der Waals surface area contributed by atoms with E-state index in [2.05, 4.69) is 24.3 Å². The van der Waals surface area contributed by atoms with Crippen LogP contribution in [0.5, 0.6) is 0 Å². The quantitative estimate of drug-likeness (QED) is 0.652. The first-order valence-electron chi connectivity index (χ1n) is 6.53. The van der Waals surface area contributed by atoms with Gasteiger partial charge in [0.15, 0.2) is 0 Å². The third-order valence-electron chi connectivity index (χ3n) is 2.88. The smallest absolute Gasteiger partial charge is 0.0534 e. The Labute approximate surface area is 99.2 Å². The molecule has 1 atom stereocenters. The molecule has 0 spiro atoms. The lowest BCUT2D eigenvalue weighted by molar-refractivity contribution is 0.457. The van der Waals surface area contributed by atoms with Crippen molar-refractivity contribution in [1.82, 2.24) is 15.1 Å². The van der Waals surface area contributed by atoms with E-state index < -0.39 is 0 Å². The van der Waals surface area contributed by atoms with Crippen molar-refractivity contribution < 1.29 is 0 Å². The third kappa shape index (κ3) is 5.91. The molecule has 0 saturated carbocycles. The summed E-state index contributed by atoms with van der Waals surface area (Å²) in [6, 6.07) is 2.60. The topological polar surface area (TPSA) is 29.9 Å². The molecule has 0 radical (unpaired) electrons. The van der Waals surface area contributed by atoms with Crippen molar-refractivity contribution >= 4 is 0 Å². The van der Waals surface area contributed by atoms with Crippen LogP contribution < -0.4 is 5.32 Å². The number of nitrogens with zero attached hydrogens (tertiary/aromatic N) is 2. The van der Waals surface area contributed by atoms with Gasteiger partial charge in [0.05, 0.1) is 6.54 Å². The second-order valence-corrected chi connectivity index (χ2v) is 4.47. The van der Waals surface area contributed by atoms with E-state index in [-0.39, 0.29) is 0 Å². The van der Waals surface area contributed by atoms with E-state index in [1.54, 1.807) is 0 Å². The van der Waals surface area contributed by atoms with Gasteiger partial charge in [-0.15, -0.1) is 0 Å². The summed E-state index contributed by atoms with van der Waals surface area (Å²) < 4.78 is 1.97. The number of aromatic nitrogens is 2. The monoisotopic (exact) mass is 223 g/mol. The summed E-state index contributed by atoms with van der Waals surface area (Å²) in [4.78, 5) is 0. The average Bonchev–Trinajstić information content (AvgIpc) is 2.77. The van der Waals surface area contributed by atoms with Gasteiger partial charge >= 0.3 is 0 Å². The van der Waals surface area contributed by atoms with Gasteiger partial charge < -0.3 is 5.32 Å². The predicted octanol–water partition coefficient (Wildman–Crippen LogP) is 2.83. The molecule has 0 aliphatic heterocycles. The van der Waals surface area contributed by atoms with E-state index in [1.807, 2.05) is 23.1 Å². The molecule has 1 unspecified atom stereocenters. The van der Waals surface area contributed by atoms with Crippen molar-refractivity contribution in [3.8, 4) is 0 Å². The largest absolute Gasteiger partial charge is 0.312 e. The van der Waals surface area contributed by atoms with Gasteiger partial charge in [-0.1, -0.05) is 32.6 Å². The van der Waals surface area contributed by atoms with Crippen LogP contribution in [0.3, 0.4) is 0 Å². The highest BCUT2D eigenvalue weighted by Crippen LogP contribution is 2.04. The number of hydrogen-bond acceptors (Lipinski definition) is 2. The maximum absolute atomic E-state index is 4.18.